The van der Waals surface area contributed by atoms with Gasteiger partial charge in [0.15, 0.2) is 0 Å². The van der Waals surface area contributed by atoms with Crippen LogP contribution in [0.1, 0.15) is 89.0 Å². The summed E-state index contributed by atoms with van der Waals surface area (Å²) in [6.07, 6.45) is 4.85. The van der Waals surface area contributed by atoms with Crippen LogP contribution in [0.5, 0.6) is 0 Å². The average molecular weight is 651 g/mol. The largest absolute Gasteiger partial charge is 0.0622 e. The van der Waals surface area contributed by atoms with E-state index in [1.54, 1.807) is 0 Å². The summed E-state index contributed by atoms with van der Waals surface area (Å²) in [5, 5.41) is 0. The summed E-state index contributed by atoms with van der Waals surface area (Å²) in [5.74, 6) is 0. The van der Waals surface area contributed by atoms with E-state index in [0.717, 1.165) is 0 Å². The van der Waals surface area contributed by atoms with E-state index in [4.69, 9.17) is 0 Å². The standard InChI is InChI=1S/C50H50/c1-31-21-25-43(26-22-31)47(41-17-13-11-14-18-41)29-45-33(3)37(7)49(38(8)34(45)4)50-39(9)35(5)46(36(6)40(50)10)30-48(42-19-15-12-16-20-42)44-27-23-32(2)24-28-44/h11-30H,1-10H3. The molecule has 6 aromatic rings. The van der Waals surface area contributed by atoms with Crippen LogP contribution < -0.4 is 0 Å². The van der Waals surface area contributed by atoms with Gasteiger partial charge in [-0.15, -0.1) is 0 Å². The molecule has 0 amide bonds. The number of hydrogen-bond donors (Lipinski definition) is 0. The van der Waals surface area contributed by atoms with E-state index in [9.17, 15) is 0 Å². The smallest absolute Gasteiger partial charge is 0.0105 e. The Labute approximate surface area is 300 Å². The highest BCUT2D eigenvalue weighted by Gasteiger charge is 2.22. The molecule has 0 saturated heterocycles. The van der Waals surface area contributed by atoms with Gasteiger partial charge < -0.3 is 0 Å². The molecule has 0 fully saturated rings. The molecule has 0 heterocycles. The fourth-order valence-corrected chi connectivity index (χ4v) is 7.52. The molecule has 0 unspecified atom stereocenters. The first kappa shape index (κ1) is 34.7. The Hall–Kier alpha value is -5.20. The van der Waals surface area contributed by atoms with E-state index in [1.165, 1.54) is 111 Å². The van der Waals surface area contributed by atoms with Gasteiger partial charge in [0.1, 0.15) is 0 Å². The summed E-state index contributed by atoms with van der Waals surface area (Å²) < 4.78 is 0. The van der Waals surface area contributed by atoms with Crippen LogP contribution in [0.25, 0.3) is 34.4 Å². The SMILES string of the molecule is Cc1ccc(C(=Cc2c(C)c(C)c(-c3c(C)c(C)c(C=C(c4ccccc4)c4ccc(C)cc4)c(C)c3C)c(C)c2C)c2ccccc2)cc1. The maximum Gasteiger partial charge on any atom is -0.0105 e. The lowest BCUT2D eigenvalue weighted by Gasteiger charge is -2.26. The van der Waals surface area contributed by atoms with Crippen molar-refractivity contribution in [3.63, 3.8) is 0 Å². The van der Waals surface area contributed by atoms with Crippen LogP contribution in [0, 0.1) is 69.2 Å². The average Bonchev–Trinajstić information content (AvgIpc) is 3.13. The van der Waals surface area contributed by atoms with E-state index >= 15 is 0 Å². The normalized spacial score (nSPS) is 12.0. The van der Waals surface area contributed by atoms with Gasteiger partial charge in [-0.05, 0) is 182 Å². The molecule has 0 spiro atoms. The van der Waals surface area contributed by atoms with E-state index in [-0.39, 0.29) is 0 Å². The van der Waals surface area contributed by atoms with Crippen LogP contribution in [0.2, 0.25) is 0 Å². The number of hydrogen-bond acceptors (Lipinski definition) is 0. The minimum atomic E-state index is 1.23. The third-order valence-electron chi connectivity index (χ3n) is 11.1. The van der Waals surface area contributed by atoms with E-state index in [1.807, 2.05) is 0 Å². The number of rotatable bonds is 7. The maximum absolute atomic E-state index is 2.43. The van der Waals surface area contributed by atoms with Crippen LogP contribution in [0.4, 0.5) is 0 Å². The van der Waals surface area contributed by atoms with Crippen molar-refractivity contribution in [3.05, 3.63) is 198 Å². The lowest BCUT2D eigenvalue weighted by atomic mass is 9.78. The molecule has 0 heteroatoms. The monoisotopic (exact) mass is 650 g/mol. The van der Waals surface area contributed by atoms with Gasteiger partial charge in [-0.1, -0.05) is 120 Å². The molecule has 0 N–H and O–H groups in total. The van der Waals surface area contributed by atoms with Crippen molar-refractivity contribution in [2.24, 2.45) is 0 Å². The Balaban J connectivity index is 1.54. The Morgan fingerprint density at radius 3 is 0.840 bits per heavy atom. The first-order valence-corrected chi connectivity index (χ1v) is 17.9. The Morgan fingerprint density at radius 2 is 0.560 bits per heavy atom. The van der Waals surface area contributed by atoms with Gasteiger partial charge >= 0.3 is 0 Å². The van der Waals surface area contributed by atoms with Crippen LogP contribution in [0.15, 0.2) is 109 Å². The van der Waals surface area contributed by atoms with Gasteiger partial charge in [-0.2, -0.15) is 0 Å². The Kier molecular flexibility index (Phi) is 9.94. The molecule has 0 atom stereocenters. The highest BCUT2D eigenvalue weighted by molar-refractivity contribution is 5.96. The number of benzene rings is 6. The maximum atomic E-state index is 2.43. The third-order valence-corrected chi connectivity index (χ3v) is 11.1. The Morgan fingerprint density at radius 1 is 0.300 bits per heavy atom. The predicted molar refractivity (Wildman–Crippen MR) is 219 cm³/mol. The van der Waals surface area contributed by atoms with E-state index in [2.05, 4.69) is 191 Å². The molecule has 0 aromatic heterocycles. The van der Waals surface area contributed by atoms with Gasteiger partial charge in [-0.25, -0.2) is 0 Å². The van der Waals surface area contributed by atoms with Crippen molar-refractivity contribution < 1.29 is 0 Å². The molecule has 0 radical (unpaired) electrons. The molecule has 6 rings (SSSR count). The quantitative estimate of drug-likeness (QED) is 0.151. The minimum Gasteiger partial charge on any atom is -0.0622 e. The molecule has 0 nitrogen and oxygen atoms in total. The molecule has 250 valence electrons. The molecule has 50 heavy (non-hydrogen) atoms. The van der Waals surface area contributed by atoms with Crippen LogP contribution >= 0.6 is 0 Å². The lowest BCUT2D eigenvalue weighted by Crippen LogP contribution is -2.06. The van der Waals surface area contributed by atoms with Crippen molar-refractivity contribution in [1.29, 1.82) is 0 Å². The highest BCUT2D eigenvalue weighted by Crippen LogP contribution is 2.43. The molecular formula is C50H50. The highest BCUT2D eigenvalue weighted by atomic mass is 14.3. The van der Waals surface area contributed by atoms with Crippen molar-refractivity contribution in [1.82, 2.24) is 0 Å². The lowest BCUT2D eigenvalue weighted by molar-refractivity contribution is 1.19. The molecule has 0 aliphatic carbocycles. The second-order valence-electron chi connectivity index (χ2n) is 14.2. The van der Waals surface area contributed by atoms with Crippen molar-refractivity contribution in [3.8, 4) is 11.1 Å². The fourth-order valence-electron chi connectivity index (χ4n) is 7.52. The van der Waals surface area contributed by atoms with Crippen LogP contribution in [0.3, 0.4) is 0 Å². The molecule has 0 saturated carbocycles. The summed E-state index contributed by atoms with van der Waals surface area (Å²) in [7, 11) is 0. The molecule has 0 bridgehead atoms. The number of aryl methyl sites for hydroxylation is 2. The predicted octanol–water partition coefficient (Wildman–Crippen LogP) is 13.6. The Bertz CT molecular complexity index is 2020. The second-order valence-corrected chi connectivity index (χ2v) is 14.2. The molecular weight excluding hydrogens is 601 g/mol. The zero-order valence-corrected chi connectivity index (χ0v) is 31.5. The van der Waals surface area contributed by atoms with Crippen molar-refractivity contribution >= 4 is 23.3 Å². The summed E-state index contributed by atoms with van der Waals surface area (Å²) in [6.45, 7) is 22.8. The summed E-state index contributed by atoms with van der Waals surface area (Å²) in [5.41, 5.74) is 26.2. The molecule has 0 aliphatic heterocycles. The van der Waals surface area contributed by atoms with Crippen molar-refractivity contribution in [2.75, 3.05) is 0 Å². The van der Waals surface area contributed by atoms with Crippen LogP contribution in [-0.4, -0.2) is 0 Å². The summed E-state index contributed by atoms with van der Waals surface area (Å²) >= 11 is 0. The summed E-state index contributed by atoms with van der Waals surface area (Å²) in [4.78, 5) is 0. The van der Waals surface area contributed by atoms with Gasteiger partial charge in [0.2, 0.25) is 0 Å². The molecule has 6 aromatic carbocycles. The van der Waals surface area contributed by atoms with Gasteiger partial charge in [-0.3, -0.25) is 0 Å². The molecule has 0 aliphatic rings. The third kappa shape index (κ3) is 6.56. The first-order chi connectivity index (χ1) is 24.0. The first-order valence-electron chi connectivity index (χ1n) is 17.9. The topological polar surface area (TPSA) is 0 Å². The summed E-state index contributed by atoms with van der Waals surface area (Å²) in [6, 6.07) is 39.5. The zero-order valence-electron chi connectivity index (χ0n) is 31.5. The van der Waals surface area contributed by atoms with E-state index in [0.29, 0.717) is 0 Å². The van der Waals surface area contributed by atoms with Gasteiger partial charge in [0.05, 0.1) is 0 Å². The zero-order chi connectivity index (χ0) is 35.7. The van der Waals surface area contributed by atoms with Crippen molar-refractivity contribution in [2.45, 2.75) is 69.2 Å². The second kappa shape index (κ2) is 14.3. The van der Waals surface area contributed by atoms with Gasteiger partial charge in [0, 0.05) is 0 Å². The van der Waals surface area contributed by atoms with Crippen LogP contribution in [-0.2, 0) is 0 Å². The van der Waals surface area contributed by atoms with Gasteiger partial charge in [0.25, 0.3) is 0 Å². The van der Waals surface area contributed by atoms with E-state index < -0.39 is 0 Å². The minimum absolute atomic E-state index is 1.23. The fraction of sp³-hybridized carbons (Fsp3) is 0.200.